The lowest BCUT2D eigenvalue weighted by molar-refractivity contribution is -0.384. The molecule has 0 radical (unpaired) electrons. The molecule has 5 aromatic rings. The number of nitro groups is 1. The van der Waals surface area contributed by atoms with Gasteiger partial charge in [-0.1, -0.05) is 30.3 Å². The highest BCUT2D eigenvalue weighted by atomic mass is 32.1. The lowest BCUT2D eigenvalue weighted by Gasteiger charge is -2.34. The van der Waals surface area contributed by atoms with Gasteiger partial charge in [0, 0.05) is 62.2 Å². The Hall–Kier alpha value is -4.67. The summed E-state index contributed by atoms with van der Waals surface area (Å²) in [5.41, 5.74) is 5.95. The van der Waals surface area contributed by atoms with Crippen molar-refractivity contribution in [2.24, 2.45) is 0 Å². The highest BCUT2D eigenvalue weighted by Gasteiger charge is 2.25. The van der Waals surface area contributed by atoms with Crippen molar-refractivity contribution in [1.82, 2.24) is 19.2 Å². The molecule has 0 atom stereocenters. The van der Waals surface area contributed by atoms with E-state index in [2.05, 4.69) is 9.30 Å². The Balaban J connectivity index is 1.33. The quantitative estimate of drug-likeness (QED) is 0.140. The first kappa shape index (κ1) is 26.5. The maximum absolute atomic E-state index is 12.8. The number of amides is 1. The van der Waals surface area contributed by atoms with E-state index < -0.39 is 4.92 Å². The van der Waals surface area contributed by atoms with E-state index in [0.29, 0.717) is 25.2 Å². The van der Waals surface area contributed by atoms with E-state index >= 15 is 0 Å². The number of carbonyl (C=O) groups is 2. The van der Waals surface area contributed by atoms with Crippen LogP contribution in [0.5, 0.6) is 0 Å². The fourth-order valence-electron chi connectivity index (χ4n) is 5.16. The molecule has 9 nitrogen and oxygen atoms in total. The highest BCUT2D eigenvalue weighted by molar-refractivity contribution is 7.12. The monoisotopic (exact) mass is 565 g/mol. The molecule has 0 unspecified atom stereocenters. The second-order valence-electron chi connectivity index (χ2n) is 10.0. The van der Waals surface area contributed by atoms with Gasteiger partial charge in [-0.15, -0.1) is 11.3 Å². The molecule has 10 heteroatoms. The van der Waals surface area contributed by atoms with E-state index in [9.17, 15) is 19.7 Å². The fourth-order valence-corrected chi connectivity index (χ4v) is 5.85. The number of aromatic nitrogens is 2. The van der Waals surface area contributed by atoms with Gasteiger partial charge in [0.1, 0.15) is 5.65 Å². The van der Waals surface area contributed by atoms with E-state index in [1.165, 1.54) is 23.5 Å². The molecule has 1 aliphatic rings. The molecule has 3 aromatic heterocycles. The van der Waals surface area contributed by atoms with Crippen molar-refractivity contribution >= 4 is 34.4 Å². The minimum absolute atomic E-state index is 0.0221. The number of Topliss-reactive ketones (excluding diaryl/α,β-unsaturated/α-hetero) is 1. The third kappa shape index (κ3) is 5.39. The number of nitrogens with zero attached hydrogens (tertiary/aromatic N) is 5. The smallest absolute Gasteiger partial charge is 0.269 e. The number of hydrogen-bond acceptors (Lipinski definition) is 7. The molecule has 1 fully saturated rings. The lowest BCUT2D eigenvalue weighted by atomic mass is 10.0. The molecule has 41 heavy (non-hydrogen) atoms. The topological polar surface area (TPSA) is 101 Å². The molecule has 0 saturated carbocycles. The molecule has 0 N–H and O–H groups in total. The minimum atomic E-state index is -0.408. The van der Waals surface area contributed by atoms with Crippen LogP contribution < -0.4 is 0 Å². The summed E-state index contributed by atoms with van der Waals surface area (Å²) in [7, 11) is 0. The molecule has 0 spiro atoms. The highest BCUT2D eigenvalue weighted by Crippen LogP contribution is 2.30. The molecule has 1 amide bonds. The van der Waals surface area contributed by atoms with Crippen molar-refractivity contribution in [1.29, 1.82) is 0 Å². The Morgan fingerprint density at radius 1 is 0.902 bits per heavy atom. The third-order valence-corrected chi connectivity index (χ3v) is 8.32. The van der Waals surface area contributed by atoms with Crippen LogP contribution in [0, 0.1) is 10.1 Å². The molecule has 1 aliphatic heterocycles. The van der Waals surface area contributed by atoms with Gasteiger partial charge in [-0.05, 0) is 53.8 Å². The normalized spacial score (nSPS) is 13.9. The van der Waals surface area contributed by atoms with Crippen LogP contribution in [0.1, 0.15) is 32.6 Å². The van der Waals surface area contributed by atoms with Crippen LogP contribution in [-0.4, -0.2) is 62.0 Å². The van der Waals surface area contributed by atoms with Gasteiger partial charge in [0.2, 0.25) is 0 Å². The van der Waals surface area contributed by atoms with Gasteiger partial charge in [0.25, 0.3) is 11.6 Å². The van der Waals surface area contributed by atoms with Crippen molar-refractivity contribution in [2.75, 3.05) is 26.2 Å². The number of carbonyl (C=O) groups excluding carboxylic acids is 2. The number of non-ortho nitro benzene ring substituents is 1. The van der Waals surface area contributed by atoms with E-state index in [0.717, 1.165) is 51.7 Å². The van der Waals surface area contributed by atoms with Crippen molar-refractivity contribution in [2.45, 2.75) is 13.5 Å². The number of piperazine rings is 1. The number of fused-ring (bicyclic) bond motifs is 1. The maximum atomic E-state index is 12.8. The van der Waals surface area contributed by atoms with Gasteiger partial charge in [-0.3, -0.25) is 24.6 Å². The summed E-state index contributed by atoms with van der Waals surface area (Å²) in [6.07, 6.45) is 2.05. The second-order valence-corrected chi connectivity index (χ2v) is 11.0. The number of ketones is 1. The Labute approximate surface area is 240 Å². The summed E-state index contributed by atoms with van der Waals surface area (Å²) < 4.78 is 2.08. The zero-order valence-electron chi connectivity index (χ0n) is 22.4. The first-order chi connectivity index (χ1) is 19.9. The molecule has 2 aromatic carbocycles. The molecule has 0 aliphatic carbocycles. The summed E-state index contributed by atoms with van der Waals surface area (Å²) in [4.78, 5) is 45.3. The van der Waals surface area contributed by atoms with E-state index in [4.69, 9.17) is 4.98 Å². The van der Waals surface area contributed by atoms with Gasteiger partial charge >= 0.3 is 0 Å². The molecular weight excluding hydrogens is 538 g/mol. The first-order valence-electron chi connectivity index (χ1n) is 13.3. The number of imidazole rings is 1. The van der Waals surface area contributed by atoms with E-state index in [1.807, 2.05) is 65.0 Å². The summed E-state index contributed by atoms with van der Waals surface area (Å²) in [6.45, 7) is 4.85. The van der Waals surface area contributed by atoms with Crippen molar-refractivity contribution in [3.05, 3.63) is 111 Å². The van der Waals surface area contributed by atoms with E-state index in [-0.39, 0.29) is 17.4 Å². The van der Waals surface area contributed by atoms with Gasteiger partial charge in [0.15, 0.2) is 5.78 Å². The standard InChI is InChI=1S/C31H27N5O4S/c1-21(37)22-4-6-23(7-5-22)25-10-13-29-32-30(24-8-11-26(12-9-24)36(39)40)27(35(29)19-25)20-33-14-16-34(17-15-33)31(38)28-3-2-18-41-28/h2-13,18-19H,14-17,20H2,1H3. The van der Waals surface area contributed by atoms with Gasteiger partial charge in [-0.25, -0.2) is 4.98 Å². The van der Waals surface area contributed by atoms with Crippen LogP contribution in [-0.2, 0) is 6.54 Å². The molecule has 6 rings (SSSR count). The SMILES string of the molecule is CC(=O)c1ccc(-c2ccc3nc(-c4ccc([N+](=O)[O-])cc4)c(CN4CCN(C(=O)c5cccs5)CC4)n3c2)cc1. The summed E-state index contributed by atoms with van der Waals surface area (Å²) in [5, 5.41) is 13.1. The number of benzene rings is 2. The van der Waals surface area contributed by atoms with Crippen LogP contribution in [0.4, 0.5) is 5.69 Å². The van der Waals surface area contributed by atoms with Gasteiger partial charge in [-0.2, -0.15) is 0 Å². The van der Waals surface area contributed by atoms with Crippen LogP contribution in [0.15, 0.2) is 84.4 Å². The molecule has 1 saturated heterocycles. The summed E-state index contributed by atoms with van der Waals surface area (Å²) in [6, 6.07) is 21.7. The van der Waals surface area contributed by atoms with Crippen molar-refractivity contribution in [3.8, 4) is 22.4 Å². The molecule has 206 valence electrons. The Morgan fingerprint density at radius 2 is 1.59 bits per heavy atom. The van der Waals surface area contributed by atoms with Crippen LogP contribution >= 0.6 is 11.3 Å². The summed E-state index contributed by atoms with van der Waals surface area (Å²) in [5.74, 6) is 0.0929. The molecule has 4 heterocycles. The average Bonchev–Trinajstić information content (AvgIpc) is 3.66. The Morgan fingerprint density at radius 3 is 2.22 bits per heavy atom. The number of hydrogen-bond donors (Lipinski definition) is 0. The number of thiophene rings is 1. The fraction of sp³-hybridized carbons (Fsp3) is 0.194. The van der Waals surface area contributed by atoms with Crippen LogP contribution in [0.2, 0.25) is 0 Å². The maximum Gasteiger partial charge on any atom is 0.269 e. The average molecular weight is 566 g/mol. The van der Waals surface area contributed by atoms with Crippen molar-refractivity contribution in [3.63, 3.8) is 0 Å². The van der Waals surface area contributed by atoms with Crippen LogP contribution in [0.25, 0.3) is 28.0 Å². The third-order valence-electron chi connectivity index (χ3n) is 7.46. The number of rotatable bonds is 7. The number of pyridine rings is 1. The molecular formula is C31H27N5O4S. The first-order valence-corrected chi connectivity index (χ1v) is 14.2. The zero-order valence-corrected chi connectivity index (χ0v) is 23.2. The second kappa shape index (κ2) is 11.1. The molecule has 0 bridgehead atoms. The zero-order chi connectivity index (χ0) is 28.5. The van der Waals surface area contributed by atoms with Gasteiger partial charge in [0.05, 0.1) is 21.2 Å². The summed E-state index contributed by atoms with van der Waals surface area (Å²) >= 11 is 1.46. The van der Waals surface area contributed by atoms with Crippen LogP contribution in [0.3, 0.4) is 0 Å². The predicted molar refractivity (Wildman–Crippen MR) is 158 cm³/mol. The minimum Gasteiger partial charge on any atom is -0.335 e. The predicted octanol–water partition coefficient (Wildman–Crippen LogP) is 5.80. The number of nitro benzene ring substituents is 1. The Bertz CT molecular complexity index is 1740. The van der Waals surface area contributed by atoms with Gasteiger partial charge < -0.3 is 9.30 Å². The van der Waals surface area contributed by atoms with Crippen molar-refractivity contribution < 1.29 is 14.5 Å². The Kier molecular flexibility index (Phi) is 7.17. The largest absolute Gasteiger partial charge is 0.335 e. The van der Waals surface area contributed by atoms with E-state index in [1.54, 1.807) is 19.1 Å². The lowest BCUT2D eigenvalue weighted by Crippen LogP contribution is -2.48.